The number of hydrogen-bond acceptors (Lipinski definition) is 4. The molecule has 1 N–H and O–H groups in total. The molecule has 0 amide bonds. The van der Waals surface area contributed by atoms with E-state index >= 15 is 0 Å². The van der Waals surface area contributed by atoms with Crippen LogP contribution in [-0.2, 0) is 14.8 Å². The number of rotatable bonds is 7. The average Bonchev–Trinajstić information content (AvgIpc) is 2.67. The van der Waals surface area contributed by atoms with Gasteiger partial charge in [-0.25, -0.2) is 13.1 Å². The lowest BCUT2D eigenvalue weighted by molar-refractivity contribution is -0.0300. The van der Waals surface area contributed by atoms with Gasteiger partial charge in [-0.3, -0.25) is 4.90 Å². The van der Waals surface area contributed by atoms with Gasteiger partial charge in [-0.15, -0.1) is 0 Å². The highest BCUT2D eigenvalue weighted by atomic mass is 32.2. The summed E-state index contributed by atoms with van der Waals surface area (Å²) in [4.78, 5) is 2.65. The molecule has 2 aromatic rings. The van der Waals surface area contributed by atoms with E-state index in [1.54, 1.807) is 12.1 Å². The molecule has 1 saturated heterocycles. The lowest BCUT2D eigenvalue weighted by atomic mass is 10.1. The van der Waals surface area contributed by atoms with Gasteiger partial charge in [0.15, 0.2) is 0 Å². The summed E-state index contributed by atoms with van der Waals surface area (Å²) >= 11 is 0. The fraction of sp³-hybridized carbons (Fsp3) is 0.400. The van der Waals surface area contributed by atoms with E-state index in [4.69, 9.17) is 4.74 Å². The molecule has 3 rings (SSSR count). The molecule has 0 aromatic heterocycles. The lowest BCUT2D eigenvalue weighted by Crippen LogP contribution is -2.39. The van der Waals surface area contributed by atoms with Crippen LogP contribution in [0.4, 0.5) is 0 Å². The van der Waals surface area contributed by atoms with Gasteiger partial charge in [-0.05, 0) is 37.6 Å². The second kappa shape index (κ2) is 8.77. The van der Waals surface area contributed by atoms with Crippen LogP contribution in [0.1, 0.15) is 23.7 Å². The predicted octanol–water partition coefficient (Wildman–Crippen LogP) is 2.74. The Balaban J connectivity index is 1.45. The van der Waals surface area contributed by atoms with Gasteiger partial charge in [0, 0.05) is 19.6 Å². The fourth-order valence-corrected chi connectivity index (χ4v) is 4.16. The molecule has 1 atom stereocenters. The van der Waals surface area contributed by atoms with E-state index in [0.717, 1.165) is 31.6 Å². The summed E-state index contributed by atoms with van der Waals surface area (Å²) < 4.78 is 33.1. The average molecular weight is 375 g/mol. The first-order chi connectivity index (χ1) is 12.5. The molecule has 0 unspecified atom stereocenters. The monoisotopic (exact) mass is 374 g/mol. The van der Waals surface area contributed by atoms with E-state index in [2.05, 4.69) is 21.8 Å². The Morgan fingerprint density at radius 2 is 1.85 bits per heavy atom. The maximum Gasteiger partial charge on any atom is 0.240 e. The highest BCUT2D eigenvalue weighted by Gasteiger charge is 2.21. The van der Waals surface area contributed by atoms with Crippen LogP contribution in [0.25, 0.3) is 0 Å². The van der Waals surface area contributed by atoms with E-state index in [0.29, 0.717) is 18.0 Å². The number of benzene rings is 2. The molecule has 0 radical (unpaired) electrons. The second-order valence-electron chi connectivity index (χ2n) is 6.64. The Labute approximate surface area is 156 Å². The predicted molar refractivity (Wildman–Crippen MR) is 103 cm³/mol. The SMILES string of the molecule is Cc1ccc(S(=O)(=O)NCCCN2CCO[C@@H](c3ccccc3)C2)cc1. The number of nitrogens with zero attached hydrogens (tertiary/aromatic N) is 1. The Morgan fingerprint density at radius 1 is 1.12 bits per heavy atom. The van der Waals surface area contributed by atoms with Gasteiger partial charge in [0.1, 0.15) is 0 Å². The normalized spacial score (nSPS) is 18.7. The van der Waals surface area contributed by atoms with Gasteiger partial charge >= 0.3 is 0 Å². The van der Waals surface area contributed by atoms with Crippen molar-refractivity contribution in [2.75, 3.05) is 32.8 Å². The topological polar surface area (TPSA) is 58.6 Å². The van der Waals surface area contributed by atoms with Crippen LogP contribution in [0.3, 0.4) is 0 Å². The summed E-state index contributed by atoms with van der Waals surface area (Å²) in [5, 5.41) is 0. The van der Waals surface area contributed by atoms with Crippen molar-refractivity contribution in [3.63, 3.8) is 0 Å². The smallest absolute Gasteiger partial charge is 0.240 e. The van der Waals surface area contributed by atoms with Crippen LogP contribution in [0.2, 0.25) is 0 Å². The zero-order valence-corrected chi connectivity index (χ0v) is 15.9. The Bertz CT molecular complexity index is 792. The summed E-state index contributed by atoms with van der Waals surface area (Å²) in [5.74, 6) is 0. The third-order valence-electron chi connectivity index (χ3n) is 4.60. The Hall–Kier alpha value is -1.73. The minimum absolute atomic E-state index is 0.0919. The molecule has 0 aliphatic carbocycles. The minimum atomic E-state index is -3.43. The molecule has 0 saturated carbocycles. The number of nitrogens with one attached hydrogen (secondary N) is 1. The van der Waals surface area contributed by atoms with Crippen molar-refractivity contribution in [3.8, 4) is 0 Å². The second-order valence-corrected chi connectivity index (χ2v) is 8.40. The Morgan fingerprint density at radius 3 is 2.58 bits per heavy atom. The van der Waals surface area contributed by atoms with E-state index in [9.17, 15) is 8.42 Å². The molecule has 0 spiro atoms. The first-order valence-corrected chi connectivity index (χ1v) is 10.5. The zero-order chi connectivity index (χ0) is 18.4. The third kappa shape index (κ3) is 5.14. The van der Waals surface area contributed by atoms with Crippen molar-refractivity contribution in [3.05, 3.63) is 65.7 Å². The van der Waals surface area contributed by atoms with Gasteiger partial charge in [0.05, 0.1) is 17.6 Å². The summed E-state index contributed by atoms with van der Waals surface area (Å²) in [7, 11) is -3.43. The van der Waals surface area contributed by atoms with Gasteiger partial charge < -0.3 is 4.74 Å². The molecule has 5 nitrogen and oxygen atoms in total. The van der Waals surface area contributed by atoms with Crippen LogP contribution >= 0.6 is 0 Å². The van der Waals surface area contributed by atoms with Crippen molar-refractivity contribution in [2.24, 2.45) is 0 Å². The number of aryl methyl sites for hydroxylation is 1. The highest BCUT2D eigenvalue weighted by molar-refractivity contribution is 7.89. The van der Waals surface area contributed by atoms with Crippen molar-refractivity contribution in [2.45, 2.75) is 24.3 Å². The van der Waals surface area contributed by atoms with E-state index in [1.165, 1.54) is 5.56 Å². The number of sulfonamides is 1. The van der Waals surface area contributed by atoms with Gasteiger partial charge in [-0.1, -0.05) is 48.0 Å². The lowest BCUT2D eigenvalue weighted by Gasteiger charge is -2.33. The van der Waals surface area contributed by atoms with Gasteiger partial charge in [-0.2, -0.15) is 0 Å². The highest BCUT2D eigenvalue weighted by Crippen LogP contribution is 2.21. The molecule has 1 aliphatic heterocycles. The van der Waals surface area contributed by atoms with Crippen LogP contribution < -0.4 is 4.72 Å². The minimum Gasteiger partial charge on any atom is -0.371 e. The first-order valence-electron chi connectivity index (χ1n) is 9.00. The van der Waals surface area contributed by atoms with Gasteiger partial charge in [0.2, 0.25) is 10.0 Å². The number of hydrogen-bond donors (Lipinski definition) is 1. The van der Waals surface area contributed by atoms with Gasteiger partial charge in [0.25, 0.3) is 0 Å². The number of ether oxygens (including phenoxy) is 1. The summed E-state index contributed by atoms with van der Waals surface area (Å²) in [6, 6.07) is 17.1. The Kier molecular flexibility index (Phi) is 6.43. The van der Waals surface area contributed by atoms with Crippen molar-refractivity contribution in [1.82, 2.24) is 9.62 Å². The molecule has 2 aromatic carbocycles. The van der Waals surface area contributed by atoms with E-state index < -0.39 is 10.0 Å². The molecule has 0 bridgehead atoms. The maximum atomic E-state index is 12.3. The fourth-order valence-electron chi connectivity index (χ4n) is 3.08. The quantitative estimate of drug-likeness (QED) is 0.757. The van der Waals surface area contributed by atoms with Crippen molar-refractivity contribution >= 4 is 10.0 Å². The third-order valence-corrected chi connectivity index (χ3v) is 6.07. The van der Waals surface area contributed by atoms with Crippen LogP contribution in [0, 0.1) is 6.92 Å². The molecule has 1 heterocycles. The first kappa shape index (κ1) is 19.0. The maximum absolute atomic E-state index is 12.3. The zero-order valence-electron chi connectivity index (χ0n) is 15.1. The molecule has 26 heavy (non-hydrogen) atoms. The number of morpholine rings is 1. The summed E-state index contributed by atoms with van der Waals surface area (Å²) in [6.07, 6.45) is 0.862. The summed E-state index contributed by atoms with van der Waals surface area (Å²) in [6.45, 7) is 5.65. The van der Waals surface area contributed by atoms with Crippen LogP contribution in [0.5, 0.6) is 0 Å². The summed E-state index contributed by atoms with van der Waals surface area (Å²) in [5.41, 5.74) is 2.24. The molecule has 140 valence electrons. The molecule has 1 fully saturated rings. The molecular formula is C20H26N2O3S. The molecular weight excluding hydrogens is 348 g/mol. The molecule has 6 heteroatoms. The standard InChI is InChI=1S/C20H26N2O3S/c1-17-8-10-19(11-9-17)26(23,24)21-12-5-13-22-14-15-25-20(16-22)18-6-3-2-4-7-18/h2-4,6-11,20-21H,5,12-16H2,1H3/t20-/m1/s1. The van der Waals surface area contributed by atoms with Crippen molar-refractivity contribution in [1.29, 1.82) is 0 Å². The van der Waals surface area contributed by atoms with Crippen LogP contribution in [-0.4, -0.2) is 46.1 Å². The molecule has 1 aliphatic rings. The van der Waals surface area contributed by atoms with Crippen molar-refractivity contribution < 1.29 is 13.2 Å². The largest absolute Gasteiger partial charge is 0.371 e. The van der Waals surface area contributed by atoms with E-state index in [-0.39, 0.29) is 6.10 Å². The van der Waals surface area contributed by atoms with E-state index in [1.807, 2.05) is 37.3 Å². The van der Waals surface area contributed by atoms with Crippen LogP contribution in [0.15, 0.2) is 59.5 Å².